The number of rotatable bonds is 3. The molecule has 1 aliphatic heterocycles. The summed E-state index contributed by atoms with van der Waals surface area (Å²) in [7, 11) is 0. The van der Waals surface area contributed by atoms with E-state index in [4.69, 9.17) is 0 Å². The number of nitrogens with one attached hydrogen (secondary N) is 3. The van der Waals surface area contributed by atoms with Gasteiger partial charge >= 0.3 is 6.03 Å². The predicted molar refractivity (Wildman–Crippen MR) is 100 cm³/mol. The van der Waals surface area contributed by atoms with E-state index in [0.717, 1.165) is 0 Å². The molecule has 3 rings (SSSR count). The molecule has 0 spiro atoms. The zero-order chi connectivity index (χ0) is 18.7. The van der Waals surface area contributed by atoms with Gasteiger partial charge in [-0.25, -0.2) is 4.79 Å². The second-order valence-electron chi connectivity index (χ2n) is 6.29. The summed E-state index contributed by atoms with van der Waals surface area (Å²) in [5, 5.41) is 8.30. The van der Waals surface area contributed by atoms with Crippen molar-refractivity contribution in [3.8, 4) is 0 Å². The minimum atomic E-state index is -0.410. The number of carbonyl (C=O) groups is 3. The van der Waals surface area contributed by atoms with Gasteiger partial charge in [0.2, 0.25) is 5.91 Å². The number of nitrogens with zero attached hydrogens (tertiary/aromatic N) is 1. The van der Waals surface area contributed by atoms with Crippen LogP contribution in [0.15, 0.2) is 48.5 Å². The quantitative estimate of drug-likeness (QED) is 0.793. The SMILES string of the molecule is CC(C)NC(=O)c1ccc(NC(=O)N2CC(=O)Nc3ccccc32)cc1. The molecule has 0 aliphatic carbocycles. The summed E-state index contributed by atoms with van der Waals surface area (Å²) in [5.74, 6) is -0.418. The van der Waals surface area contributed by atoms with Crippen LogP contribution >= 0.6 is 0 Å². The van der Waals surface area contributed by atoms with Gasteiger partial charge in [-0.1, -0.05) is 12.1 Å². The molecule has 3 N–H and O–H groups in total. The fraction of sp³-hybridized carbons (Fsp3) is 0.211. The number of fused-ring (bicyclic) bond motifs is 1. The van der Waals surface area contributed by atoms with Crippen molar-refractivity contribution >= 4 is 34.9 Å². The largest absolute Gasteiger partial charge is 0.350 e. The van der Waals surface area contributed by atoms with Crippen molar-refractivity contribution < 1.29 is 14.4 Å². The Morgan fingerprint density at radius 1 is 1.08 bits per heavy atom. The highest BCUT2D eigenvalue weighted by molar-refractivity contribution is 6.12. The summed E-state index contributed by atoms with van der Waals surface area (Å²) in [5.41, 5.74) is 2.29. The van der Waals surface area contributed by atoms with Crippen LogP contribution in [-0.2, 0) is 4.79 Å². The normalized spacial score (nSPS) is 13.0. The first-order valence-corrected chi connectivity index (χ1v) is 8.32. The van der Waals surface area contributed by atoms with Gasteiger partial charge in [-0.3, -0.25) is 14.5 Å². The smallest absolute Gasteiger partial charge is 0.326 e. The molecule has 7 nitrogen and oxygen atoms in total. The Labute approximate surface area is 151 Å². The van der Waals surface area contributed by atoms with E-state index in [9.17, 15) is 14.4 Å². The molecule has 0 aromatic heterocycles. The number of amides is 4. The van der Waals surface area contributed by atoms with Gasteiger partial charge in [-0.15, -0.1) is 0 Å². The first kappa shape index (κ1) is 17.5. The lowest BCUT2D eigenvalue weighted by molar-refractivity contribution is -0.115. The Balaban J connectivity index is 1.72. The van der Waals surface area contributed by atoms with Crippen molar-refractivity contribution in [3.63, 3.8) is 0 Å². The Morgan fingerprint density at radius 2 is 1.77 bits per heavy atom. The van der Waals surface area contributed by atoms with Crippen molar-refractivity contribution in [3.05, 3.63) is 54.1 Å². The van der Waals surface area contributed by atoms with E-state index >= 15 is 0 Å². The highest BCUT2D eigenvalue weighted by Crippen LogP contribution is 2.29. The van der Waals surface area contributed by atoms with Gasteiger partial charge in [0.1, 0.15) is 6.54 Å². The van der Waals surface area contributed by atoms with Crippen molar-refractivity contribution in [2.45, 2.75) is 19.9 Å². The zero-order valence-corrected chi connectivity index (χ0v) is 14.6. The van der Waals surface area contributed by atoms with Crippen molar-refractivity contribution in [2.75, 3.05) is 22.1 Å². The monoisotopic (exact) mass is 352 g/mol. The summed E-state index contributed by atoms with van der Waals surface area (Å²) in [4.78, 5) is 37.8. The molecule has 4 amide bonds. The van der Waals surface area contributed by atoms with E-state index < -0.39 is 6.03 Å². The minimum Gasteiger partial charge on any atom is -0.350 e. The number of benzene rings is 2. The van der Waals surface area contributed by atoms with E-state index in [-0.39, 0.29) is 24.4 Å². The maximum absolute atomic E-state index is 12.6. The van der Waals surface area contributed by atoms with Gasteiger partial charge in [0, 0.05) is 17.3 Å². The fourth-order valence-electron chi connectivity index (χ4n) is 2.66. The third-order valence-electron chi connectivity index (χ3n) is 3.83. The molecule has 134 valence electrons. The number of carbonyl (C=O) groups excluding carboxylic acids is 3. The molecule has 0 atom stereocenters. The topological polar surface area (TPSA) is 90.5 Å². The van der Waals surface area contributed by atoms with Crippen molar-refractivity contribution in [1.82, 2.24) is 5.32 Å². The predicted octanol–water partition coefficient (Wildman–Crippen LogP) is 2.82. The molecular formula is C19H20N4O3. The molecular weight excluding hydrogens is 332 g/mol. The van der Waals surface area contributed by atoms with Crippen LogP contribution in [0, 0.1) is 0 Å². The van der Waals surface area contributed by atoms with E-state index in [1.54, 1.807) is 48.5 Å². The molecule has 0 unspecified atom stereocenters. The number of hydrogen-bond acceptors (Lipinski definition) is 3. The fourth-order valence-corrected chi connectivity index (χ4v) is 2.66. The summed E-state index contributed by atoms with van der Waals surface area (Å²) in [6.07, 6.45) is 0. The Kier molecular flexibility index (Phi) is 4.88. The summed E-state index contributed by atoms with van der Waals surface area (Å²) in [6, 6.07) is 13.3. The molecule has 1 aliphatic rings. The molecule has 26 heavy (non-hydrogen) atoms. The second kappa shape index (κ2) is 7.26. The van der Waals surface area contributed by atoms with Crippen LogP contribution in [0.1, 0.15) is 24.2 Å². The lowest BCUT2D eigenvalue weighted by Crippen LogP contribution is -2.44. The van der Waals surface area contributed by atoms with Crippen LogP contribution in [0.3, 0.4) is 0 Å². The van der Waals surface area contributed by atoms with Gasteiger partial charge in [-0.2, -0.15) is 0 Å². The Hall–Kier alpha value is -3.35. The van der Waals surface area contributed by atoms with Crippen LogP contribution in [-0.4, -0.2) is 30.4 Å². The molecule has 0 bridgehead atoms. The summed E-state index contributed by atoms with van der Waals surface area (Å²) >= 11 is 0. The van der Waals surface area contributed by atoms with Crippen molar-refractivity contribution in [1.29, 1.82) is 0 Å². The van der Waals surface area contributed by atoms with Gasteiger partial charge in [0.05, 0.1) is 11.4 Å². The molecule has 2 aromatic rings. The number of urea groups is 1. The zero-order valence-electron chi connectivity index (χ0n) is 14.6. The highest BCUT2D eigenvalue weighted by Gasteiger charge is 2.26. The average molecular weight is 352 g/mol. The number of hydrogen-bond donors (Lipinski definition) is 3. The van der Waals surface area contributed by atoms with E-state index in [0.29, 0.717) is 22.6 Å². The van der Waals surface area contributed by atoms with Crippen LogP contribution < -0.4 is 20.9 Å². The standard InChI is InChI=1S/C19H20N4O3/c1-12(2)20-18(25)13-7-9-14(10-8-13)21-19(26)23-11-17(24)22-15-5-3-4-6-16(15)23/h3-10,12H,11H2,1-2H3,(H,20,25)(H,21,26)(H,22,24). The van der Waals surface area contributed by atoms with Crippen LogP contribution in [0.5, 0.6) is 0 Å². The first-order valence-electron chi connectivity index (χ1n) is 8.32. The molecule has 0 saturated heterocycles. The van der Waals surface area contributed by atoms with E-state index in [1.165, 1.54) is 4.90 Å². The molecule has 1 heterocycles. The maximum atomic E-state index is 12.6. The van der Waals surface area contributed by atoms with Gasteiger partial charge in [0.15, 0.2) is 0 Å². The summed E-state index contributed by atoms with van der Waals surface area (Å²) < 4.78 is 0. The minimum absolute atomic E-state index is 0.0483. The molecule has 2 aromatic carbocycles. The molecule has 0 radical (unpaired) electrons. The van der Waals surface area contributed by atoms with Gasteiger partial charge in [-0.05, 0) is 50.2 Å². The Morgan fingerprint density at radius 3 is 2.46 bits per heavy atom. The van der Waals surface area contributed by atoms with Gasteiger partial charge < -0.3 is 16.0 Å². The van der Waals surface area contributed by atoms with Crippen LogP contribution in [0.4, 0.5) is 21.9 Å². The number of para-hydroxylation sites is 2. The molecule has 7 heteroatoms. The average Bonchev–Trinajstić information content (AvgIpc) is 2.61. The van der Waals surface area contributed by atoms with Crippen molar-refractivity contribution in [2.24, 2.45) is 0 Å². The molecule has 0 fully saturated rings. The maximum Gasteiger partial charge on any atom is 0.326 e. The highest BCUT2D eigenvalue weighted by atomic mass is 16.2. The third kappa shape index (κ3) is 3.83. The van der Waals surface area contributed by atoms with Crippen LogP contribution in [0.25, 0.3) is 0 Å². The van der Waals surface area contributed by atoms with E-state index in [1.807, 2.05) is 13.8 Å². The van der Waals surface area contributed by atoms with E-state index in [2.05, 4.69) is 16.0 Å². The molecule has 0 saturated carbocycles. The lowest BCUT2D eigenvalue weighted by Gasteiger charge is -2.29. The lowest BCUT2D eigenvalue weighted by atomic mass is 10.2. The third-order valence-corrected chi connectivity index (χ3v) is 3.83. The first-order chi connectivity index (χ1) is 12.4. The number of anilines is 3. The second-order valence-corrected chi connectivity index (χ2v) is 6.29. The van der Waals surface area contributed by atoms with Crippen LogP contribution in [0.2, 0.25) is 0 Å². The Bertz CT molecular complexity index is 846. The van der Waals surface area contributed by atoms with Gasteiger partial charge in [0.25, 0.3) is 5.91 Å². The summed E-state index contributed by atoms with van der Waals surface area (Å²) in [6.45, 7) is 3.72.